The van der Waals surface area contributed by atoms with Crippen LogP contribution in [0.2, 0.25) is 0 Å². The fraction of sp³-hybridized carbons (Fsp3) is 0.714. The zero-order valence-corrected chi connectivity index (χ0v) is 12.1. The fourth-order valence-electron chi connectivity index (χ4n) is 2.25. The van der Waals surface area contributed by atoms with Crippen LogP contribution in [0.25, 0.3) is 0 Å². The molecule has 0 bridgehead atoms. The Kier molecular flexibility index (Phi) is 5.10. The Balaban J connectivity index is 1.88. The van der Waals surface area contributed by atoms with Crippen molar-refractivity contribution in [3.05, 3.63) is 17.8 Å². The van der Waals surface area contributed by atoms with Crippen LogP contribution in [0, 0.1) is 0 Å². The van der Waals surface area contributed by atoms with Crippen LogP contribution >= 0.6 is 0 Å². The van der Waals surface area contributed by atoms with E-state index in [-0.39, 0.29) is 0 Å². The smallest absolute Gasteiger partial charge is 0.151 e. The molecule has 0 atom stereocenters. The third-order valence-corrected chi connectivity index (χ3v) is 3.50. The molecule has 0 aliphatic carbocycles. The first-order valence-corrected chi connectivity index (χ1v) is 7.02. The van der Waals surface area contributed by atoms with Crippen LogP contribution in [0.4, 0.5) is 5.82 Å². The SMILES string of the molecule is COC1CCN(c2ccc(CNC(C)C)nn2)CC1. The summed E-state index contributed by atoms with van der Waals surface area (Å²) >= 11 is 0. The molecule has 1 aromatic heterocycles. The lowest BCUT2D eigenvalue weighted by molar-refractivity contribution is 0.0817. The molecule has 5 nitrogen and oxygen atoms in total. The summed E-state index contributed by atoms with van der Waals surface area (Å²) in [5.74, 6) is 0.975. The molecule has 1 fully saturated rings. The lowest BCUT2D eigenvalue weighted by atomic mass is 10.1. The molecule has 1 aromatic rings. The van der Waals surface area contributed by atoms with E-state index < -0.39 is 0 Å². The number of nitrogens with zero attached hydrogens (tertiary/aromatic N) is 3. The lowest BCUT2D eigenvalue weighted by Crippen LogP contribution is -2.37. The topological polar surface area (TPSA) is 50.3 Å². The molecule has 0 spiro atoms. The molecule has 5 heteroatoms. The van der Waals surface area contributed by atoms with Gasteiger partial charge in [0.1, 0.15) is 0 Å². The second-order valence-electron chi connectivity index (χ2n) is 5.34. The third-order valence-electron chi connectivity index (χ3n) is 3.50. The first kappa shape index (κ1) is 14.2. The summed E-state index contributed by atoms with van der Waals surface area (Å²) in [6, 6.07) is 4.59. The van der Waals surface area contributed by atoms with Gasteiger partial charge in [-0.2, -0.15) is 5.10 Å². The molecule has 1 aliphatic heterocycles. The predicted molar refractivity (Wildman–Crippen MR) is 76.3 cm³/mol. The van der Waals surface area contributed by atoms with Gasteiger partial charge in [-0.15, -0.1) is 5.10 Å². The van der Waals surface area contributed by atoms with Crippen molar-refractivity contribution in [1.82, 2.24) is 15.5 Å². The van der Waals surface area contributed by atoms with Crippen molar-refractivity contribution in [2.24, 2.45) is 0 Å². The first-order chi connectivity index (χ1) is 9.19. The molecular formula is C14H24N4O. The standard InChI is InChI=1S/C14H24N4O/c1-11(2)15-10-12-4-5-14(17-16-12)18-8-6-13(19-3)7-9-18/h4-5,11,13,15H,6-10H2,1-3H3. The maximum atomic E-state index is 5.38. The van der Waals surface area contributed by atoms with Gasteiger partial charge in [-0.25, -0.2) is 0 Å². The van der Waals surface area contributed by atoms with Crippen LogP contribution in [0.1, 0.15) is 32.4 Å². The molecule has 19 heavy (non-hydrogen) atoms. The van der Waals surface area contributed by atoms with E-state index in [4.69, 9.17) is 4.74 Å². The summed E-state index contributed by atoms with van der Waals surface area (Å²) in [4.78, 5) is 2.28. The third kappa shape index (κ3) is 4.14. The van der Waals surface area contributed by atoms with Crippen LogP contribution in [-0.2, 0) is 11.3 Å². The Hall–Kier alpha value is -1.20. The largest absolute Gasteiger partial charge is 0.381 e. The minimum absolute atomic E-state index is 0.402. The lowest BCUT2D eigenvalue weighted by Gasteiger charge is -2.31. The maximum Gasteiger partial charge on any atom is 0.151 e. The van der Waals surface area contributed by atoms with Crippen molar-refractivity contribution in [2.75, 3.05) is 25.1 Å². The molecule has 106 valence electrons. The molecule has 2 heterocycles. The van der Waals surface area contributed by atoms with E-state index in [0.29, 0.717) is 12.1 Å². The van der Waals surface area contributed by atoms with Crippen LogP contribution in [0.5, 0.6) is 0 Å². The van der Waals surface area contributed by atoms with Crippen molar-refractivity contribution in [1.29, 1.82) is 0 Å². The van der Waals surface area contributed by atoms with Crippen molar-refractivity contribution in [3.8, 4) is 0 Å². The second-order valence-corrected chi connectivity index (χ2v) is 5.34. The average Bonchev–Trinajstić information content (AvgIpc) is 2.46. The number of methoxy groups -OCH3 is 1. The number of anilines is 1. The predicted octanol–water partition coefficient (Wildman–Crippen LogP) is 1.59. The van der Waals surface area contributed by atoms with Crippen LogP contribution in [0.15, 0.2) is 12.1 Å². The van der Waals surface area contributed by atoms with Crippen LogP contribution in [-0.4, -0.2) is 42.5 Å². The monoisotopic (exact) mass is 264 g/mol. The van der Waals surface area contributed by atoms with E-state index in [1.54, 1.807) is 7.11 Å². The number of ether oxygens (including phenoxy) is 1. The normalized spacial score (nSPS) is 17.2. The maximum absolute atomic E-state index is 5.38. The summed E-state index contributed by atoms with van der Waals surface area (Å²) in [7, 11) is 1.79. The highest BCUT2D eigenvalue weighted by atomic mass is 16.5. The second kappa shape index (κ2) is 6.82. The van der Waals surface area contributed by atoms with Gasteiger partial charge in [0.15, 0.2) is 5.82 Å². The average molecular weight is 264 g/mol. The van der Waals surface area contributed by atoms with Crippen LogP contribution < -0.4 is 10.2 Å². The molecule has 0 unspecified atom stereocenters. The van der Waals surface area contributed by atoms with E-state index in [1.807, 2.05) is 0 Å². The molecule has 0 amide bonds. The van der Waals surface area contributed by atoms with Gasteiger partial charge < -0.3 is 15.0 Å². The van der Waals surface area contributed by atoms with E-state index in [1.165, 1.54) is 0 Å². The quantitative estimate of drug-likeness (QED) is 0.875. The molecule has 0 aromatic carbocycles. The Labute approximate surface area is 115 Å². The molecule has 1 aliphatic rings. The molecule has 0 saturated carbocycles. The summed E-state index contributed by atoms with van der Waals surface area (Å²) < 4.78 is 5.38. The highest BCUT2D eigenvalue weighted by Crippen LogP contribution is 2.18. The zero-order valence-electron chi connectivity index (χ0n) is 12.1. The van der Waals surface area contributed by atoms with E-state index in [0.717, 1.165) is 44.0 Å². The van der Waals surface area contributed by atoms with Crippen molar-refractivity contribution < 1.29 is 4.74 Å². The van der Waals surface area contributed by atoms with Gasteiger partial charge in [0.05, 0.1) is 11.8 Å². The Bertz CT molecular complexity index is 372. The molecule has 0 radical (unpaired) electrons. The van der Waals surface area contributed by atoms with Gasteiger partial charge in [0.25, 0.3) is 0 Å². The van der Waals surface area contributed by atoms with Crippen molar-refractivity contribution >= 4 is 5.82 Å². The number of rotatable bonds is 5. The van der Waals surface area contributed by atoms with Crippen LogP contribution in [0.3, 0.4) is 0 Å². The van der Waals surface area contributed by atoms with E-state index in [9.17, 15) is 0 Å². The minimum atomic E-state index is 0.402. The van der Waals surface area contributed by atoms with Gasteiger partial charge >= 0.3 is 0 Å². The minimum Gasteiger partial charge on any atom is -0.381 e. The van der Waals surface area contributed by atoms with Gasteiger partial charge in [0, 0.05) is 32.8 Å². The van der Waals surface area contributed by atoms with Gasteiger partial charge in [0.2, 0.25) is 0 Å². The first-order valence-electron chi connectivity index (χ1n) is 7.02. The van der Waals surface area contributed by atoms with Crippen molar-refractivity contribution in [2.45, 2.75) is 45.4 Å². The number of hydrogen-bond acceptors (Lipinski definition) is 5. The Morgan fingerprint density at radius 1 is 1.32 bits per heavy atom. The van der Waals surface area contributed by atoms with E-state index in [2.05, 4.69) is 46.4 Å². The number of piperidine rings is 1. The van der Waals surface area contributed by atoms with Crippen molar-refractivity contribution in [3.63, 3.8) is 0 Å². The summed E-state index contributed by atoms with van der Waals surface area (Å²) in [6.45, 7) is 7.02. The number of hydrogen-bond donors (Lipinski definition) is 1. The highest BCUT2D eigenvalue weighted by Gasteiger charge is 2.19. The van der Waals surface area contributed by atoms with Gasteiger partial charge in [-0.1, -0.05) is 13.8 Å². The molecule has 1 N–H and O–H groups in total. The fourth-order valence-corrected chi connectivity index (χ4v) is 2.25. The van der Waals surface area contributed by atoms with Gasteiger partial charge in [-0.05, 0) is 25.0 Å². The highest BCUT2D eigenvalue weighted by molar-refractivity contribution is 5.37. The van der Waals surface area contributed by atoms with E-state index >= 15 is 0 Å². The van der Waals surface area contributed by atoms with Gasteiger partial charge in [-0.3, -0.25) is 0 Å². The summed E-state index contributed by atoms with van der Waals surface area (Å²) in [5, 5.41) is 11.9. The summed E-state index contributed by atoms with van der Waals surface area (Å²) in [5.41, 5.74) is 0.990. The molecule has 2 rings (SSSR count). The molecule has 1 saturated heterocycles. The molecular weight excluding hydrogens is 240 g/mol. The number of aromatic nitrogens is 2. The number of nitrogens with one attached hydrogen (secondary N) is 1. The zero-order chi connectivity index (χ0) is 13.7. The summed E-state index contributed by atoms with van der Waals surface area (Å²) in [6.07, 6.45) is 2.53. The Morgan fingerprint density at radius 2 is 2.05 bits per heavy atom. The Morgan fingerprint density at radius 3 is 2.58 bits per heavy atom.